The Kier molecular flexibility index (Phi) is 5.34. The highest BCUT2D eigenvalue weighted by molar-refractivity contribution is 5.48. The lowest BCUT2D eigenvalue weighted by Gasteiger charge is -2.29. The Morgan fingerprint density at radius 1 is 0.947 bits per heavy atom. The summed E-state index contributed by atoms with van der Waals surface area (Å²) in [6, 6.07) is 19.2. The molecule has 0 radical (unpaired) electrons. The predicted molar refractivity (Wildman–Crippen MR) is 80.3 cm³/mol. The third kappa shape index (κ3) is 3.95. The zero-order chi connectivity index (χ0) is 13.0. The van der Waals surface area contributed by atoms with Gasteiger partial charge in [-0.3, -0.25) is 4.48 Å². The van der Waals surface area contributed by atoms with Gasteiger partial charge in [0.1, 0.15) is 12.2 Å². The molecule has 0 aliphatic heterocycles. The maximum absolute atomic E-state index is 3.78. The highest BCUT2D eigenvalue weighted by Crippen LogP contribution is 2.21. The highest BCUT2D eigenvalue weighted by atomic mass is 35.5. The molecule has 0 N–H and O–H groups in total. The third-order valence-corrected chi connectivity index (χ3v) is 3.25. The fourth-order valence-electron chi connectivity index (χ4n) is 2.14. The van der Waals surface area contributed by atoms with Crippen molar-refractivity contribution in [3.05, 3.63) is 72.3 Å². The van der Waals surface area contributed by atoms with Crippen LogP contribution in [0.25, 0.3) is 6.08 Å². The molecule has 2 rings (SSSR count). The molecule has 2 aromatic rings. The SMILES string of the molecule is C=Cc1ccc(C[N+](C)(C)c2ccccc2)cc1.[Cl-]. The summed E-state index contributed by atoms with van der Waals surface area (Å²) in [6.45, 7) is 4.77. The van der Waals surface area contributed by atoms with Crippen LogP contribution in [0.1, 0.15) is 11.1 Å². The third-order valence-electron chi connectivity index (χ3n) is 3.25. The van der Waals surface area contributed by atoms with Gasteiger partial charge in [-0.25, -0.2) is 0 Å². The summed E-state index contributed by atoms with van der Waals surface area (Å²) in [5, 5.41) is 0. The lowest BCUT2D eigenvalue weighted by Crippen LogP contribution is -3.00. The Labute approximate surface area is 122 Å². The first-order valence-corrected chi connectivity index (χ1v) is 6.22. The summed E-state index contributed by atoms with van der Waals surface area (Å²) in [4.78, 5) is 0. The molecule has 0 spiro atoms. The molecule has 2 aromatic carbocycles. The van der Waals surface area contributed by atoms with E-state index in [1.165, 1.54) is 16.8 Å². The molecule has 19 heavy (non-hydrogen) atoms. The molecular weight excluding hydrogens is 254 g/mol. The maximum atomic E-state index is 3.78. The lowest BCUT2D eigenvalue weighted by atomic mass is 10.1. The molecule has 100 valence electrons. The Balaban J connectivity index is 0.00000180. The minimum absolute atomic E-state index is 0. The Bertz CT molecular complexity index is 515. The van der Waals surface area contributed by atoms with Gasteiger partial charge in [0.25, 0.3) is 0 Å². The summed E-state index contributed by atoms with van der Waals surface area (Å²) in [5.41, 5.74) is 3.84. The van der Waals surface area contributed by atoms with E-state index in [1.54, 1.807) is 0 Å². The van der Waals surface area contributed by atoms with Crippen molar-refractivity contribution in [1.29, 1.82) is 0 Å². The number of para-hydroxylation sites is 1. The first-order valence-electron chi connectivity index (χ1n) is 6.22. The largest absolute Gasteiger partial charge is 1.00 e. The van der Waals surface area contributed by atoms with E-state index in [2.05, 4.69) is 75.3 Å². The molecule has 0 saturated carbocycles. The normalized spacial score (nSPS) is 10.6. The van der Waals surface area contributed by atoms with Crippen LogP contribution in [0.5, 0.6) is 0 Å². The van der Waals surface area contributed by atoms with Crippen molar-refractivity contribution < 1.29 is 12.4 Å². The number of nitrogens with zero attached hydrogens (tertiary/aromatic N) is 1. The van der Waals surface area contributed by atoms with Crippen LogP contribution < -0.4 is 16.9 Å². The summed E-state index contributed by atoms with van der Waals surface area (Å²) < 4.78 is 0.855. The van der Waals surface area contributed by atoms with Crippen molar-refractivity contribution in [3.63, 3.8) is 0 Å². The van der Waals surface area contributed by atoms with E-state index in [9.17, 15) is 0 Å². The van der Waals surface area contributed by atoms with Gasteiger partial charge in [-0.2, -0.15) is 0 Å². The molecule has 0 unspecified atom stereocenters. The van der Waals surface area contributed by atoms with Gasteiger partial charge in [-0.15, -0.1) is 0 Å². The van der Waals surface area contributed by atoms with Gasteiger partial charge in [0.15, 0.2) is 0 Å². The van der Waals surface area contributed by atoms with Gasteiger partial charge < -0.3 is 12.4 Å². The van der Waals surface area contributed by atoms with E-state index in [0.29, 0.717) is 0 Å². The van der Waals surface area contributed by atoms with Crippen molar-refractivity contribution in [3.8, 4) is 0 Å². The van der Waals surface area contributed by atoms with Gasteiger partial charge in [-0.1, -0.05) is 55.1 Å². The maximum Gasteiger partial charge on any atom is 0.132 e. The van der Waals surface area contributed by atoms with Gasteiger partial charge in [-0.05, 0) is 17.7 Å². The Hall–Kier alpha value is -1.57. The quantitative estimate of drug-likeness (QED) is 0.732. The molecule has 0 aliphatic carbocycles. The van der Waals surface area contributed by atoms with Crippen molar-refractivity contribution in [1.82, 2.24) is 4.48 Å². The molecule has 0 heterocycles. The van der Waals surface area contributed by atoms with E-state index in [1.807, 2.05) is 6.08 Å². The standard InChI is InChI=1S/C17H20N.ClH/c1-4-15-10-12-16(13-11-15)14-18(2,3)17-8-6-5-7-9-17;/h4-13H,1,14H2,2-3H3;1H/q+1;/p-1. The zero-order valence-electron chi connectivity index (χ0n) is 11.5. The van der Waals surface area contributed by atoms with E-state index in [4.69, 9.17) is 0 Å². The van der Waals surface area contributed by atoms with Crippen LogP contribution >= 0.6 is 0 Å². The Morgan fingerprint density at radius 3 is 2.05 bits per heavy atom. The second-order valence-electron chi connectivity index (χ2n) is 5.12. The number of halogens is 1. The van der Waals surface area contributed by atoms with Gasteiger partial charge in [0, 0.05) is 5.56 Å². The predicted octanol–water partition coefficient (Wildman–Crippen LogP) is 1.10. The van der Waals surface area contributed by atoms with E-state index in [-0.39, 0.29) is 12.4 Å². The minimum Gasteiger partial charge on any atom is -1.00 e. The molecule has 0 bridgehead atoms. The number of hydrogen-bond acceptors (Lipinski definition) is 0. The number of rotatable bonds is 4. The Morgan fingerprint density at radius 2 is 1.53 bits per heavy atom. The van der Waals surface area contributed by atoms with Crippen LogP contribution in [0.2, 0.25) is 0 Å². The second kappa shape index (κ2) is 6.55. The van der Waals surface area contributed by atoms with E-state index < -0.39 is 0 Å². The van der Waals surface area contributed by atoms with Crippen LogP contribution in [0.3, 0.4) is 0 Å². The van der Waals surface area contributed by atoms with Crippen LogP contribution in [-0.2, 0) is 6.54 Å². The van der Waals surface area contributed by atoms with Gasteiger partial charge >= 0.3 is 0 Å². The average molecular weight is 274 g/mol. The molecule has 0 aromatic heterocycles. The first-order chi connectivity index (χ1) is 8.62. The lowest BCUT2D eigenvalue weighted by molar-refractivity contribution is -0.00000387. The van der Waals surface area contributed by atoms with Crippen LogP contribution in [0.4, 0.5) is 5.69 Å². The van der Waals surface area contributed by atoms with Gasteiger partial charge in [0.05, 0.1) is 14.1 Å². The first kappa shape index (κ1) is 15.5. The topological polar surface area (TPSA) is 0 Å². The van der Waals surface area contributed by atoms with E-state index in [0.717, 1.165) is 11.0 Å². The number of hydrogen-bond donors (Lipinski definition) is 0. The van der Waals surface area contributed by atoms with Crippen molar-refractivity contribution in [2.45, 2.75) is 6.54 Å². The average Bonchev–Trinajstić information content (AvgIpc) is 2.40. The van der Waals surface area contributed by atoms with Crippen molar-refractivity contribution in [2.24, 2.45) is 0 Å². The van der Waals surface area contributed by atoms with Crippen molar-refractivity contribution >= 4 is 11.8 Å². The van der Waals surface area contributed by atoms with Crippen LogP contribution in [-0.4, -0.2) is 14.1 Å². The smallest absolute Gasteiger partial charge is 0.132 e. The highest BCUT2D eigenvalue weighted by Gasteiger charge is 2.18. The summed E-state index contributed by atoms with van der Waals surface area (Å²) >= 11 is 0. The van der Waals surface area contributed by atoms with E-state index >= 15 is 0 Å². The van der Waals surface area contributed by atoms with Crippen LogP contribution in [0, 0.1) is 0 Å². The fraction of sp³-hybridized carbons (Fsp3) is 0.176. The molecule has 2 heteroatoms. The van der Waals surface area contributed by atoms with Gasteiger partial charge in [0.2, 0.25) is 0 Å². The molecule has 0 fully saturated rings. The molecule has 0 aliphatic rings. The fourth-order valence-corrected chi connectivity index (χ4v) is 2.14. The zero-order valence-corrected chi connectivity index (χ0v) is 12.3. The molecule has 0 saturated heterocycles. The summed E-state index contributed by atoms with van der Waals surface area (Å²) in [6.07, 6.45) is 1.88. The molecule has 1 nitrogen and oxygen atoms in total. The second-order valence-corrected chi connectivity index (χ2v) is 5.12. The number of benzene rings is 2. The summed E-state index contributed by atoms with van der Waals surface area (Å²) in [7, 11) is 4.47. The molecule has 0 atom stereocenters. The minimum atomic E-state index is 0. The van der Waals surface area contributed by atoms with Crippen molar-refractivity contribution in [2.75, 3.05) is 14.1 Å². The number of quaternary nitrogens is 1. The molecular formula is C17H20ClN. The monoisotopic (exact) mass is 273 g/mol. The van der Waals surface area contributed by atoms with Crippen LogP contribution in [0.15, 0.2) is 61.2 Å². The molecule has 0 amide bonds. The summed E-state index contributed by atoms with van der Waals surface area (Å²) in [5.74, 6) is 0.